The van der Waals surface area contributed by atoms with Gasteiger partial charge in [0.05, 0.1) is 5.56 Å². The highest BCUT2D eigenvalue weighted by Gasteiger charge is 2.16. The maximum Gasteiger partial charge on any atom is 0.257 e. The first-order valence-electron chi connectivity index (χ1n) is 6.84. The van der Waals surface area contributed by atoms with Crippen LogP contribution in [-0.4, -0.2) is 23.0 Å². The van der Waals surface area contributed by atoms with Gasteiger partial charge in [0.25, 0.3) is 5.91 Å². The van der Waals surface area contributed by atoms with Crippen LogP contribution in [0.4, 0.5) is 0 Å². The Morgan fingerprint density at radius 3 is 2.57 bits per heavy atom. The summed E-state index contributed by atoms with van der Waals surface area (Å²) in [5, 5.41) is 9.89. The summed E-state index contributed by atoms with van der Waals surface area (Å²) in [7, 11) is 1.72. The highest BCUT2D eigenvalue weighted by Crippen LogP contribution is 2.20. The predicted molar refractivity (Wildman–Crippen MR) is 83.0 cm³/mol. The lowest BCUT2D eigenvalue weighted by molar-refractivity contribution is 0.0782. The third kappa shape index (κ3) is 3.61. The van der Waals surface area contributed by atoms with Gasteiger partial charge < -0.3 is 15.7 Å². The molecule has 0 saturated carbocycles. The molecule has 0 unspecified atom stereocenters. The fourth-order valence-electron chi connectivity index (χ4n) is 2.23. The first-order chi connectivity index (χ1) is 10.0. The van der Waals surface area contributed by atoms with E-state index in [0.717, 1.165) is 16.7 Å². The van der Waals surface area contributed by atoms with E-state index < -0.39 is 0 Å². The van der Waals surface area contributed by atoms with E-state index in [-0.39, 0.29) is 11.7 Å². The quantitative estimate of drug-likeness (QED) is 0.906. The molecule has 0 atom stereocenters. The van der Waals surface area contributed by atoms with Gasteiger partial charge in [0, 0.05) is 20.1 Å². The summed E-state index contributed by atoms with van der Waals surface area (Å²) < 4.78 is 0. The number of hydrogen-bond donors (Lipinski definition) is 2. The van der Waals surface area contributed by atoms with Crippen LogP contribution in [0.25, 0.3) is 0 Å². The topological polar surface area (TPSA) is 66.6 Å². The SMILES string of the molecule is Cc1ccc(C(=O)N(C)Cc2cccc(CN)c2)c(O)c1. The molecule has 0 bridgehead atoms. The fraction of sp³-hybridized carbons (Fsp3) is 0.235. The Labute approximate surface area is 124 Å². The summed E-state index contributed by atoms with van der Waals surface area (Å²) >= 11 is 0. The van der Waals surface area contributed by atoms with Crippen molar-refractivity contribution in [2.24, 2.45) is 5.73 Å². The number of phenols is 1. The van der Waals surface area contributed by atoms with Gasteiger partial charge in [-0.1, -0.05) is 30.3 Å². The summed E-state index contributed by atoms with van der Waals surface area (Å²) in [6.45, 7) is 2.82. The van der Waals surface area contributed by atoms with Crippen molar-refractivity contribution in [2.75, 3.05) is 7.05 Å². The van der Waals surface area contributed by atoms with Gasteiger partial charge in [0.1, 0.15) is 5.75 Å². The Balaban J connectivity index is 2.15. The van der Waals surface area contributed by atoms with Crippen LogP contribution in [0.5, 0.6) is 5.75 Å². The Hall–Kier alpha value is -2.33. The van der Waals surface area contributed by atoms with E-state index in [4.69, 9.17) is 5.73 Å². The van der Waals surface area contributed by atoms with Crippen LogP contribution in [0, 0.1) is 6.92 Å². The van der Waals surface area contributed by atoms with Gasteiger partial charge in [-0.3, -0.25) is 4.79 Å². The number of carbonyl (C=O) groups is 1. The number of amides is 1. The van der Waals surface area contributed by atoms with Gasteiger partial charge in [0.2, 0.25) is 0 Å². The van der Waals surface area contributed by atoms with Gasteiger partial charge >= 0.3 is 0 Å². The second-order valence-electron chi connectivity index (χ2n) is 5.21. The van der Waals surface area contributed by atoms with Crippen molar-refractivity contribution in [3.8, 4) is 5.75 Å². The van der Waals surface area contributed by atoms with E-state index in [1.807, 2.05) is 37.3 Å². The first-order valence-corrected chi connectivity index (χ1v) is 6.84. The molecule has 0 radical (unpaired) electrons. The van der Waals surface area contributed by atoms with Crippen molar-refractivity contribution >= 4 is 5.91 Å². The third-order valence-corrected chi connectivity index (χ3v) is 3.38. The largest absolute Gasteiger partial charge is 0.507 e. The molecule has 3 N–H and O–H groups in total. The number of aryl methyl sites for hydroxylation is 1. The molecule has 0 heterocycles. The minimum Gasteiger partial charge on any atom is -0.507 e. The molecule has 0 aliphatic rings. The van der Waals surface area contributed by atoms with Crippen LogP contribution in [-0.2, 0) is 13.1 Å². The van der Waals surface area contributed by atoms with Crippen LogP contribution in [0.15, 0.2) is 42.5 Å². The van der Waals surface area contributed by atoms with E-state index in [2.05, 4.69) is 0 Å². The van der Waals surface area contributed by atoms with Crippen LogP contribution in [0.1, 0.15) is 27.0 Å². The van der Waals surface area contributed by atoms with Gasteiger partial charge in [-0.2, -0.15) is 0 Å². The number of phenolic OH excluding ortho intramolecular Hbond substituents is 1. The predicted octanol–water partition coefficient (Wildman–Crippen LogP) is 2.43. The van der Waals surface area contributed by atoms with E-state index in [1.165, 1.54) is 0 Å². The summed E-state index contributed by atoms with van der Waals surface area (Å²) in [6, 6.07) is 12.9. The average molecular weight is 284 g/mol. The van der Waals surface area contributed by atoms with Crippen LogP contribution in [0.3, 0.4) is 0 Å². The number of nitrogens with zero attached hydrogens (tertiary/aromatic N) is 1. The lowest BCUT2D eigenvalue weighted by atomic mass is 10.1. The Kier molecular flexibility index (Phi) is 4.60. The molecule has 4 nitrogen and oxygen atoms in total. The van der Waals surface area contributed by atoms with Crippen molar-refractivity contribution in [1.82, 2.24) is 4.90 Å². The maximum atomic E-state index is 12.4. The zero-order chi connectivity index (χ0) is 15.4. The van der Waals surface area contributed by atoms with Gasteiger partial charge in [0.15, 0.2) is 0 Å². The molecule has 0 aromatic heterocycles. The summed E-state index contributed by atoms with van der Waals surface area (Å²) in [5.74, 6) is -0.187. The third-order valence-electron chi connectivity index (χ3n) is 3.38. The molecule has 110 valence electrons. The number of hydrogen-bond acceptors (Lipinski definition) is 3. The summed E-state index contributed by atoms with van der Waals surface area (Å²) in [4.78, 5) is 14.0. The van der Waals surface area contributed by atoms with Crippen molar-refractivity contribution in [3.05, 3.63) is 64.7 Å². The molecule has 0 aliphatic heterocycles. The van der Waals surface area contributed by atoms with Gasteiger partial charge in [-0.25, -0.2) is 0 Å². The smallest absolute Gasteiger partial charge is 0.257 e. The molecule has 0 spiro atoms. The number of aromatic hydroxyl groups is 1. The molecule has 1 amide bonds. The molecular weight excluding hydrogens is 264 g/mol. The van der Waals surface area contributed by atoms with E-state index in [9.17, 15) is 9.90 Å². The number of nitrogens with two attached hydrogens (primary N) is 1. The second kappa shape index (κ2) is 6.41. The molecule has 0 fully saturated rings. The lowest BCUT2D eigenvalue weighted by Gasteiger charge is -2.18. The maximum absolute atomic E-state index is 12.4. The molecule has 2 rings (SSSR count). The molecule has 21 heavy (non-hydrogen) atoms. The Morgan fingerprint density at radius 1 is 1.19 bits per heavy atom. The Morgan fingerprint density at radius 2 is 1.90 bits per heavy atom. The van der Waals surface area contributed by atoms with E-state index in [1.54, 1.807) is 24.1 Å². The first kappa shape index (κ1) is 15.1. The number of benzene rings is 2. The monoisotopic (exact) mass is 284 g/mol. The average Bonchev–Trinajstić information content (AvgIpc) is 2.46. The van der Waals surface area contributed by atoms with Crippen molar-refractivity contribution < 1.29 is 9.90 Å². The van der Waals surface area contributed by atoms with Crippen molar-refractivity contribution in [3.63, 3.8) is 0 Å². The van der Waals surface area contributed by atoms with Gasteiger partial charge in [-0.15, -0.1) is 0 Å². The minimum atomic E-state index is -0.203. The zero-order valence-electron chi connectivity index (χ0n) is 12.3. The molecule has 2 aromatic rings. The fourth-order valence-corrected chi connectivity index (χ4v) is 2.23. The lowest BCUT2D eigenvalue weighted by Crippen LogP contribution is -2.26. The number of carbonyl (C=O) groups excluding carboxylic acids is 1. The molecule has 4 heteroatoms. The van der Waals surface area contributed by atoms with Crippen molar-refractivity contribution in [2.45, 2.75) is 20.0 Å². The summed E-state index contributed by atoms with van der Waals surface area (Å²) in [6.07, 6.45) is 0. The van der Waals surface area contributed by atoms with E-state index in [0.29, 0.717) is 18.7 Å². The Bertz CT molecular complexity index is 653. The van der Waals surface area contributed by atoms with Gasteiger partial charge in [-0.05, 0) is 35.7 Å². The molecule has 0 saturated heterocycles. The van der Waals surface area contributed by atoms with E-state index >= 15 is 0 Å². The highest BCUT2D eigenvalue weighted by molar-refractivity contribution is 5.96. The normalized spacial score (nSPS) is 10.4. The zero-order valence-corrected chi connectivity index (χ0v) is 12.3. The molecular formula is C17H20N2O2. The van der Waals surface area contributed by atoms with Crippen LogP contribution >= 0.6 is 0 Å². The summed E-state index contributed by atoms with van der Waals surface area (Å²) in [5.41, 5.74) is 8.91. The van der Waals surface area contributed by atoms with Crippen LogP contribution < -0.4 is 5.73 Å². The molecule has 2 aromatic carbocycles. The second-order valence-corrected chi connectivity index (χ2v) is 5.21. The standard InChI is InChI=1S/C17H20N2O2/c1-12-6-7-15(16(20)8-12)17(21)19(2)11-14-5-3-4-13(9-14)10-18/h3-9,20H,10-11,18H2,1-2H3. The molecule has 0 aliphatic carbocycles. The number of rotatable bonds is 4. The minimum absolute atomic E-state index is 0.0163. The highest BCUT2D eigenvalue weighted by atomic mass is 16.3. The van der Waals surface area contributed by atoms with Crippen molar-refractivity contribution in [1.29, 1.82) is 0 Å². The van der Waals surface area contributed by atoms with Crippen LogP contribution in [0.2, 0.25) is 0 Å².